The van der Waals surface area contributed by atoms with Crippen LogP contribution in [-0.2, 0) is 11.2 Å². The normalized spacial score (nSPS) is 18.7. The summed E-state index contributed by atoms with van der Waals surface area (Å²) in [5, 5.41) is 3.40. The van der Waals surface area contributed by atoms with Crippen molar-refractivity contribution < 1.29 is 9.53 Å². The molecule has 0 radical (unpaired) electrons. The smallest absolute Gasteiger partial charge is 0.239 e. The second-order valence-corrected chi connectivity index (χ2v) is 7.02. The summed E-state index contributed by atoms with van der Waals surface area (Å²) >= 11 is 1.49. The van der Waals surface area contributed by atoms with Crippen molar-refractivity contribution in [2.75, 3.05) is 7.11 Å². The van der Waals surface area contributed by atoms with Crippen LogP contribution < -0.4 is 10.1 Å². The Morgan fingerprint density at radius 3 is 2.54 bits per heavy atom. The number of hydrogen-bond acceptors (Lipinski definition) is 4. The van der Waals surface area contributed by atoms with Crippen LogP contribution in [0.25, 0.3) is 0 Å². The standard InChI is InChI=1S/C19H20N2O2S/c1-12-4-7-15(10-13(12)2)20-19-21-18(22)17(24-19)11-14-5-8-16(23-3)9-6-14/h4-10,17H,11H2,1-3H3,(H,20,21,22)/t17-/m0/s1. The van der Waals surface area contributed by atoms with Crippen molar-refractivity contribution in [3.63, 3.8) is 0 Å². The summed E-state index contributed by atoms with van der Waals surface area (Å²) < 4.78 is 5.16. The molecule has 1 atom stereocenters. The number of carbonyl (C=O) groups excluding carboxylic acids is 1. The summed E-state index contributed by atoms with van der Waals surface area (Å²) in [4.78, 5) is 16.7. The minimum absolute atomic E-state index is 0.0124. The van der Waals surface area contributed by atoms with Gasteiger partial charge in [0.2, 0.25) is 5.91 Å². The van der Waals surface area contributed by atoms with Crippen molar-refractivity contribution in [1.29, 1.82) is 0 Å². The first-order chi connectivity index (χ1) is 11.5. The molecular weight excluding hydrogens is 320 g/mol. The van der Waals surface area contributed by atoms with E-state index in [0.29, 0.717) is 11.6 Å². The Kier molecular flexibility index (Phi) is 4.90. The first kappa shape index (κ1) is 16.6. The molecule has 1 fully saturated rings. The fraction of sp³-hybridized carbons (Fsp3) is 0.263. The van der Waals surface area contributed by atoms with Gasteiger partial charge in [-0.25, -0.2) is 4.99 Å². The van der Waals surface area contributed by atoms with Crippen LogP contribution in [-0.4, -0.2) is 23.4 Å². The molecule has 0 spiro atoms. The molecule has 1 aliphatic rings. The predicted molar refractivity (Wildman–Crippen MR) is 99.2 cm³/mol. The SMILES string of the molecule is COc1ccc(C[C@@H]2SC(=Nc3ccc(C)c(C)c3)NC2=O)cc1. The number of benzene rings is 2. The van der Waals surface area contributed by atoms with Crippen LogP contribution in [0.2, 0.25) is 0 Å². The lowest BCUT2D eigenvalue weighted by Crippen LogP contribution is -2.25. The molecule has 124 valence electrons. The van der Waals surface area contributed by atoms with Crippen molar-refractivity contribution in [1.82, 2.24) is 5.32 Å². The quantitative estimate of drug-likeness (QED) is 0.922. The van der Waals surface area contributed by atoms with Gasteiger partial charge >= 0.3 is 0 Å². The maximum Gasteiger partial charge on any atom is 0.239 e. The molecule has 5 heteroatoms. The molecule has 0 aromatic heterocycles. The van der Waals surface area contributed by atoms with Gasteiger partial charge < -0.3 is 10.1 Å². The van der Waals surface area contributed by atoms with Crippen LogP contribution >= 0.6 is 11.8 Å². The largest absolute Gasteiger partial charge is 0.497 e. The number of amidine groups is 1. The summed E-state index contributed by atoms with van der Waals surface area (Å²) in [6, 6.07) is 13.9. The third-order valence-electron chi connectivity index (χ3n) is 4.08. The van der Waals surface area contributed by atoms with Crippen LogP contribution in [0.15, 0.2) is 47.5 Å². The van der Waals surface area contributed by atoms with Crippen LogP contribution in [0.1, 0.15) is 16.7 Å². The lowest BCUT2D eigenvalue weighted by Gasteiger charge is -2.06. The first-order valence-corrected chi connectivity index (χ1v) is 8.69. The Morgan fingerprint density at radius 1 is 1.12 bits per heavy atom. The van der Waals surface area contributed by atoms with E-state index in [0.717, 1.165) is 17.0 Å². The highest BCUT2D eigenvalue weighted by Crippen LogP contribution is 2.27. The Hall–Kier alpha value is -2.27. The zero-order valence-electron chi connectivity index (χ0n) is 14.0. The van der Waals surface area contributed by atoms with E-state index < -0.39 is 0 Å². The number of nitrogens with zero attached hydrogens (tertiary/aromatic N) is 1. The van der Waals surface area contributed by atoms with E-state index in [1.807, 2.05) is 42.5 Å². The molecule has 1 saturated heterocycles. The summed E-state index contributed by atoms with van der Waals surface area (Å²) in [7, 11) is 1.64. The van der Waals surface area contributed by atoms with Gasteiger partial charge in [-0.3, -0.25) is 4.79 Å². The van der Waals surface area contributed by atoms with E-state index in [1.165, 1.54) is 22.9 Å². The van der Waals surface area contributed by atoms with Gasteiger partial charge in [-0.1, -0.05) is 30.0 Å². The first-order valence-electron chi connectivity index (χ1n) is 7.81. The minimum atomic E-state index is -0.149. The Bertz CT molecular complexity index is 784. The molecule has 4 nitrogen and oxygen atoms in total. The lowest BCUT2D eigenvalue weighted by molar-refractivity contribution is -0.118. The highest BCUT2D eigenvalue weighted by molar-refractivity contribution is 8.15. The minimum Gasteiger partial charge on any atom is -0.497 e. The maximum absolute atomic E-state index is 12.2. The molecule has 0 saturated carbocycles. The number of thioether (sulfide) groups is 1. The highest BCUT2D eigenvalue weighted by Gasteiger charge is 2.30. The van der Waals surface area contributed by atoms with Crippen LogP contribution in [0.4, 0.5) is 5.69 Å². The van der Waals surface area contributed by atoms with Gasteiger partial charge in [-0.2, -0.15) is 0 Å². The fourth-order valence-corrected chi connectivity index (χ4v) is 3.51. The fourth-order valence-electron chi connectivity index (χ4n) is 2.48. The lowest BCUT2D eigenvalue weighted by atomic mass is 10.1. The molecular formula is C19H20N2O2S. The highest BCUT2D eigenvalue weighted by atomic mass is 32.2. The van der Waals surface area contributed by atoms with E-state index in [9.17, 15) is 4.79 Å². The van der Waals surface area contributed by atoms with Gasteiger partial charge in [-0.15, -0.1) is 0 Å². The average Bonchev–Trinajstić information content (AvgIpc) is 2.91. The molecule has 0 unspecified atom stereocenters. The second-order valence-electron chi connectivity index (χ2n) is 5.83. The van der Waals surface area contributed by atoms with E-state index >= 15 is 0 Å². The van der Waals surface area contributed by atoms with Crippen molar-refractivity contribution in [3.05, 3.63) is 59.2 Å². The molecule has 1 N–H and O–H groups in total. The van der Waals surface area contributed by atoms with Crippen LogP contribution in [0.5, 0.6) is 5.75 Å². The molecule has 3 rings (SSSR count). The Balaban J connectivity index is 1.70. The number of carbonyl (C=O) groups is 1. The topological polar surface area (TPSA) is 50.7 Å². The van der Waals surface area contributed by atoms with Crippen molar-refractivity contribution in [2.45, 2.75) is 25.5 Å². The summed E-state index contributed by atoms with van der Waals surface area (Å²) in [6.07, 6.45) is 0.673. The van der Waals surface area contributed by atoms with Crippen molar-refractivity contribution in [2.24, 2.45) is 4.99 Å². The van der Waals surface area contributed by atoms with E-state index in [1.54, 1.807) is 7.11 Å². The zero-order chi connectivity index (χ0) is 17.1. The number of aryl methyl sites for hydroxylation is 2. The van der Waals surface area contributed by atoms with Gasteiger partial charge in [0, 0.05) is 0 Å². The Labute approximate surface area is 146 Å². The number of ether oxygens (including phenoxy) is 1. The van der Waals surface area contributed by atoms with Gasteiger partial charge in [-0.05, 0) is 61.2 Å². The molecule has 2 aromatic rings. The molecule has 0 aliphatic carbocycles. The van der Waals surface area contributed by atoms with Crippen molar-refractivity contribution >= 4 is 28.5 Å². The summed E-state index contributed by atoms with van der Waals surface area (Å²) in [5.41, 5.74) is 4.40. The summed E-state index contributed by atoms with van der Waals surface area (Å²) in [5.74, 6) is 0.831. The van der Waals surface area contributed by atoms with Gasteiger partial charge in [0.25, 0.3) is 0 Å². The van der Waals surface area contributed by atoms with Gasteiger partial charge in [0.15, 0.2) is 5.17 Å². The number of nitrogens with one attached hydrogen (secondary N) is 1. The number of hydrogen-bond donors (Lipinski definition) is 1. The molecule has 0 bridgehead atoms. The number of amides is 1. The summed E-state index contributed by atoms with van der Waals surface area (Å²) in [6.45, 7) is 4.13. The molecule has 1 heterocycles. The molecule has 1 amide bonds. The third kappa shape index (κ3) is 3.79. The number of methoxy groups -OCH3 is 1. The second kappa shape index (κ2) is 7.09. The average molecular weight is 340 g/mol. The molecule has 2 aromatic carbocycles. The predicted octanol–water partition coefficient (Wildman–Crippen LogP) is 3.77. The monoisotopic (exact) mass is 340 g/mol. The van der Waals surface area contributed by atoms with E-state index in [2.05, 4.69) is 24.2 Å². The van der Waals surface area contributed by atoms with Gasteiger partial charge in [0.1, 0.15) is 5.75 Å². The molecule has 1 aliphatic heterocycles. The third-order valence-corrected chi connectivity index (χ3v) is 5.16. The van der Waals surface area contributed by atoms with Crippen molar-refractivity contribution in [3.8, 4) is 5.75 Å². The number of rotatable bonds is 4. The van der Waals surface area contributed by atoms with Crippen LogP contribution in [0, 0.1) is 13.8 Å². The van der Waals surface area contributed by atoms with Crippen LogP contribution in [0.3, 0.4) is 0 Å². The van der Waals surface area contributed by atoms with Gasteiger partial charge in [0.05, 0.1) is 18.0 Å². The maximum atomic E-state index is 12.2. The number of aliphatic imine (C=N–C) groups is 1. The van der Waals surface area contributed by atoms with E-state index in [-0.39, 0.29) is 11.2 Å². The molecule has 24 heavy (non-hydrogen) atoms. The zero-order valence-corrected chi connectivity index (χ0v) is 14.8. The van der Waals surface area contributed by atoms with E-state index in [4.69, 9.17) is 4.74 Å². The Morgan fingerprint density at radius 2 is 1.88 bits per heavy atom.